The highest BCUT2D eigenvalue weighted by atomic mass is 16.4. The van der Waals surface area contributed by atoms with Crippen LogP contribution < -0.4 is 0 Å². The Morgan fingerprint density at radius 3 is 2.50 bits per heavy atom. The van der Waals surface area contributed by atoms with Gasteiger partial charge in [-0.25, -0.2) is 14.5 Å². The van der Waals surface area contributed by atoms with Crippen molar-refractivity contribution >= 4 is 5.97 Å². The molecule has 98 valence electrons. The van der Waals surface area contributed by atoms with Gasteiger partial charge in [-0.1, -0.05) is 23.4 Å². The van der Waals surface area contributed by atoms with Gasteiger partial charge in [-0.05, 0) is 24.3 Å². The number of aromatic nitrogens is 4. The molecule has 1 N–H and O–H groups in total. The summed E-state index contributed by atoms with van der Waals surface area (Å²) in [5, 5.41) is 16.8. The Bertz CT molecular complexity index is 735. The van der Waals surface area contributed by atoms with E-state index in [4.69, 9.17) is 5.11 Å². The van der Waals surface area contributed by atoms with Crippen LogP contribution in [0.25, 0.3) is 16.9 Å². The highest BCUT2D eigenvalue weighted by Gasteiger charge is 2.10. The number of benzene rings is 1. The summed E-state index contributed by atoms with van der Waals surface area (Å²) in [5.41, 5.74) is 2.39. The van der Waals surface area contributed by atoms with Gasteiger partial charge in [0.05, 0.1) is 17.6 Å². The third-order valence-corrected chi connectivity index (χ3v) is 2.83. The normalized spacial score (nSPS) is 10.4. The summed E-state index contributed by atoms with van der Waals surface area (Å²) >= 11 is 0. The van der Waals surface area contributed by atoms with E-state index in [0.29, 0.717) is 0 Å². The number of aromatic carboxylic acids is 1. The number of hydrogen-bond donors (Lipinski definition) is 1. The van der Waals surface area contributed by atoms with Crippen molar-refractivity contribution in [3.63, 3.8) is 0 Å². The number of para-hydroxylation sites is 1. The van der Waals surface area contributed by atoms with Crippen LogP contribution in [0.3, 0.4) is 0 Å². The van der Waals surface area contributed by atoms with E-state index in [9.17, 15) is 4.79 Å². The van der Waals surface area contributed by atoms with Crippen LogP contribution in [-0.2, 0) is 0 Å². The highest BCUT2D eigenvalue weighted by molar-refractivity contribution is 5.85. The molecule has 0 amide bonds. The third-order valence-electron chi connectivity index (χ3n) is 2.83. The summed E-state index contributed by atoms with van der Waals surface area (Å²) in [4.78, 5) is 14.7. The van der Waals surface area contributed by atoms with Crippen molar-refractivity contribution in [3.05, 3.63) is 60.6 Å². The maximum absolute atomic E-state index is 10.8. The molecule has 0 unspecified atom stereocenters. The van der Waals surface area contributed by atoms with Crippen LogP contribution in [0.2, 0.25) is 0 Å². The van der Waals surface area contributed by atoms with E-state index in [2.05, 4.69) is 15.3 Å². The summed E-state index contributed by atoms with van der Waals surface area (Å²) in [7, 11) is 0. The Morgan fingerprint density at radius 2 is 1.85 bits per heavy atom. The lowest BCUT2D eigenvalue weighted by Gasteiger charge is -2.05. The van der Waals surface area contributed by atoms with Crippen molar-refractivity contribution in [1.82, 2.24) is 20.0 Å². The molecule has 0 saturated heterocycles. The van der Waals surface area contributed by atoms with Gasteiger partial charge >= 0.3 is 5.97 Å². The van der Waals surface area contributed by atoms with E-state index in [-0.39, 0.29) is 5.69 Å². The minimum Gasteiger partial charge on any atom is -0.477 e. The zero-order valence-corrected chi connectivity index (χ0v) is 10.3. The second kappa shape index (κ2) is 4.93. The van der Waals surface area contributed by atoms with Gasteiger partial charge < -0.3 is 5.11 Å². The SMILES string of the molecule is O=C(O)c1ccc(-c2cnnn2-c2ccccc2)cn1. The topological polar surface area (TPSA) is 80.9 Å². The molecule has 6 heteroatoms. The Morgan fingerprint density at radius 1 is 1.05 bits per heavy atom. The first-order valence-corrected chi connectivity index (χ1v) is 5.91. The maximum Gasteiger partial charge on any atom is 0.354 e. The van der Waals surface area contributed by atoms with Crippen molar-refractivity contribution in [3.8, 4) is 16.9 Å². The second-order valence-electron chi connectivity index (χ2n) is 4.10. The van der Waals surface area contributed by atoms with Gasteiger partial charge in [0.25, 0.3) is 0 Å². The Hall–Kier alpha value is -3.02. The Kier molecular flexibility index (Phi) is 2.96. The monoisotopic (exact) mass is 266 g/mol. The number of carbonyl (C=O) groups is 1. The van der Waals surface area contributed by atoms with E-state index in [1.54, 1.807) is 16.9 Å². The molecule has 0 fully saturated rings. The second-order valence-corrected chi connectivity index (χ2v) is 4.10. The van der Waals surface area contributed by atoms with Crippen LogP contribution in [-0.4, -0.2) is 31.1 Å². The minimum atomic E-state index is -1.05. The molecular weight excluding hydrogens is 256 g/mol. The first-order valence-electron chi connectivity index (χ1n) is 5.91. The number of carboxylic acid groups (broad SMARTS) is 1. The van der Waals surface area contributed by atoms with Crippen molar-refractivity contribution < 1.29 is 9.90 Å². The molecule has 0 bridgehead atoms. The molecule has 6 nitrogen and oxygen atoms in total. The molecule has 1 aromatic carbocycles. The molecule has 0 atom stereocenters. The van der Waals surface area contributed by atoms with Crippen LogP contribution in [0.15, 0.2) is 54.9 Å². The fourth-order valence-electron chi connectivity index (χ4n) is 1.86. The van der Waals surface area contributed by atoms with E-state index in [1.165, 1.54) is 12.3 Å². The lowest BCUT2D eigenvalue weighted by molar-refractivity contribution is 0.0690. The average Bonchev–Trinajstić information content (AvgIpc) is 2.97. The quantitative estimate of drug-likeness (QED) is 0.784. The van der Waals surface area contributed by atoms with Gasteiger partial charge in [0.1, 0.15) is 5.69 Å². The Balaban J connectivity index is 2.04. The molecule has 0 aliphatic carbocycles. The van der Waals surface area contributed by atoms with Crippen LogP contribution >= 0.6 is 0 Å². The standard InChI is InChI=1S/C14H10N4O2/c19-14(20)12-7-6-10(8-15-12)13-9-16-17-18(13)11-4-2-1-3-5-11/h1-9H,(H,19,20). The van der Waals surface area contributed by atoms with Crippen molar-refractivity contribution in [2.45, 2.75) is 0 Å². The van der Waals surface area contributed by atoms with Gasteiger partial charge in [-0.3, -0.25) is 0 Å². The van der Waals surface area contributed by atoms with E-state index < -0.39 is 5.97 Å². The fraction of sp³-hybridized carbons (Fsp3) is 0. The molecule has 2 heterocycles. The third kappa shape index (κ3) is 2.14. The van der Waals surface area contributed by atoms with E-state index in [1.807, 2.05) is 30.3 Å². The minimum absolute atomic E-state index is 0.00693. The largest absolute Gasteiger partial charge is 0.477 e. The summed E-state index contributed by atoms with van der Waals surface area (Å²) in [5.74, 6) is -1.05. The molecule has 0 radical (unpaired) electrons. The molecular formula is C14H10N4O2. The van der Waals surface area contributed by atoms with Crippen molar-refractivity contribution in [2.24, 2.45) is 0 Å². The molecule has 3 aromatic rings. The van der Waals surface area contributed by atoms with Crippen LogP contribution in [0, 0.1) is 0 Å². The summed E-state index contributed by atoms with van der Waals surface area (Å²) < 4.78 is 1.68. The van der Waals surface area contributed by atoms with Gasteiger partial charge in [0, 0.05) is 11.8 Å². The van der Waals surface area contributed by atoms with Crippen molar-refractivity contribution in [2.75, 3.05) is 0 Å². The van der Waals surface area contributed by atoms with Gasteiger partial charge in [0.15, 0.2) is 0 Å². The molecule has 0 aliphatic heterocycles. The number of pyridine rings is 1. The van der Waals surface area contributed by atoms with Gasteiger partial charge in [-0.15, -0.1) is 5.10 Å². The van der Waals surface area contributed by atoms with Gasteiger partial charge in [-0.2, -0.15) is 0 Å². The number of rotatable bonds is 3. The van der Waals surface area contributed by atoms with Crippen molar-refractivity contribution in [1.29, 1.82) is 0 Å². The number of nitrogens with zero attached hydrogens (tertiary/aromatic N) is 4. The highest BCUT2D eigenvalue weighted by Crippen LogP contribution is 2.20. The fourth-order valence-corrected chi connectivity index (χ4v) is 1.86. The summed E-state index contributed by atoms with van der Waals surface area (Å²) in [6.45, 7) is 0. The molecule has 3 rings (SSSR count). The first-order chi connectivity index (χ1) is 9.75. The molecule has 0 aliphatic rings. The lowest BCUT2D eigenvalue weighted by atomic mass is 10.2. The molecule has 0 spiro atoms. The number of carboxylic acids is 1. The summed E-state index contributed by atoms with van der Waals surface area (Å²) in [6, 6.07) is 12.7. The maximum atomic E-state index is 10.8. The van der Waals surface area contributed by atoms with Crippen LogP contribution in [0.1, 0.15) is 10.5 Å². The molecule has 20 heavy (non-hydrogen) atoms. The number of hydrogen-bond acceptors (Lipinski definition) is 4. The van der Waals surface area contributed by atoms with Crippen LogP contribution in [0.5, 0.6) is 0 Å². The average molecular weight is 266 g/mol. The zero-order chi connectivity index (χ0) is 13.9. The predicted molar refractivity (Wildman–Crippen MR) is 71.5 cm³/mol. The lowest BCUT2D eigenvalue weighted by Crippen LogP contribution is -2.01. The smallest absolute Gasteiger partial charge is 0.354 e. The first kappa shape index (κ1) is 12.0. The predicted octanol–water partition coefficient (Wildman–Crippen LogP) is 2.03. The molecule has 2 aromatic heterocycles. The van der Waals surface area contributed by atoms with E-state index in [0.717, 1.165) is 16.9 Å². The summed E-state index contributed by atoms with van der Waals surface area (Å²) in [6.07, 6.45) is 3.12. The molecule has 0 saturated carbocycles. The Labute approximate surface area is 114 Å². The van der Waals surface area contributed by atoms with Crippen LogP contribution in [0.4, 0.5) is 0 Å². The zero-order valence-electron chi connectivity index (χ0n) is 10.3. The van der Waals surface area contributed by atoms with Gasteiger partial charge in [0.2, 0.25) is 0 Å². The van der Waals surface area contributed by atoms with E-state index >= 15 is 0 Å².